The Hall–Kier alpha value is -0.840. The third-order valence-corrected chi connectivity index (χ3v) is 1.72. The molecule has 0 saturated carbocycles. The van der Waals surface area contributed by atoms with Crippen molar-refractivity contribution in [3.8, 4) is 0 Å². The summed E-state index contributed by atoms with van der Waals surface area (Å²) < 4.78 is 0. The molecule has 0 aliphatic rings. The minimum atomic E-state index is -2.14. The van der Waals surface area contributed by atoms with Gasteiger partial charge in [0.2, 0.25) is 0 Å². The molecule has 0 radical (unpaired) electrons. The van der Waals surface area contributed by atoms with Gasteiger partial charge in [0.1, 0.15) is 24.4 Å². The predicted octanol–water partition coefficient (Wildman–Crippen LogP) is -3.56. The lowest BCUT2D eigenvalue weighted by Gasteiger charge is -2.26. The molecule has 1 unspecified atom stereocenters. The Kier molecular flexibility index (Phi) is 6.24. The molecule has 15 heavy (non-hydrogen) atoms. The highest BCUT2D eigenvalue weighted by Gasteiger charge is 2.35. The van der Waals surface area contributed by atoms with Gasteiger partial charge in [-0.05, 0) is 0 Å². The average Bonchev–Trinajstić information content (AvgIpc) is 2.25. The standard InChI is InChI=1S/C6H13NO8/c8-1-2(9)3(10)4(11)5(12)6(13)15-7-14/h2-6,8-13H,1H2/t2-,3-,4-,5-,6?/m1/s1. The molecular weight excluding hydrogens is 214 g/mol. The zero-order chi connectivity index (χ0) is 12.0. The van der Waals surface area contributed by atoms with E-state index in [4.69, 9.17) is 30.6 Å². The van der Waals surface area contributed by atoms with Gasteiger partial charge < -0.3 is 35.5 Å². The fraction of sp³-hybridized carbons (Fsp3) is 1.00. The fourth-order valence-corrected chi connectivity index (χ4v) is 0.813. The molecule has 0 amide bonds. The lowest BCUT2D eigenvalue weighted by Crippen LogP contribution is -2.50. The van der Waals surface area contributed by atoms with Gasteiger partial charge in [-0.3, -0.25) is 0 Å². The van der Waals surface area contributed by atoms with Crippen molar-refractivity contribution in [2.45, 2.75) is 30.7 Å². The number of aliphatic hydroxyl groups is 6. The smallest absolute Gasteiger partial charge is 0.256 e. The van der Waals surface area contributed by atoms with E-state index in [1.807, 2.05) is 0 Å². The Balaban J connectivity index is 4.28. The van der Waals surface area contributed by atoms with Crippen LogP contribution in [0.5, 0.6) is 0 Å². The van der Waals surface area contributed by atoms with E-state index in [0.29, 0.717) is 0 Å². The van der Waals surface area contributed by atoms with Gasteiger partial charge in [-0.1, -0.05) is 0 Å². The van der Waals surface area contributed by atoms with Crippen molar-refractivity contribution in [3.63, 3.8) is 0 Å². The summed E-state index contributed by atoms with van der Waals surface area (Å²) in [6, 6.07) is 0. The lowest BCUT2D eigenvalue weighted by molar-refractivity contribution is -0.212. The third kappa shape index (κ3) is 4.03. The minimum Gasteiger partial charge on any atom is -0.394 e. The zero-order valence-corrected chi connectivity index (χ0v) is 7.54. The van der Waals surface area contributed by atoms with Crippen LogP contribution in [0, 0.1) is 4.91 Å². The summed E-state index contributed by atoms with van der Waals surface area (Å²) in [5.41, 5.74) is 0. The summed E-state index contributed by atoms with van der Waals surface area (Å²) in [4.78, 5) is 13.2. The highest BCUT2D eigenvalue weighted by molar-refractivity contribution is 4.81. The first-order valence-corrected chi connectivity index (χ1v) is 3.95. The third-order valence-electron chi connectivity index (χ3n) is 1.72. The van der Waals surface area contributed by atoms with Crippen molar-refractivity contribution < 1.29 is 35.5 Å². The van der Waals surface area contributed by atoms with Gasteiger partial charge in [-0.2, -0.15) is 0 Å². The van der Waals surface area contributed by atoms with Crippen LogP contribution >= 0.6 is 0 Å². The molecule has 0 spiro atoms. The second-order valence-corrected chi connectivity index (χ2v) is 2.79. The van der Waals surface area contributed by atoms with Gasteiger partial charge in [0, 0.05) is 0 Å². The van der Waals surface area contributed by atoms with Crippen LogP contribution < -0.4 is 0 Å². The quantitative estimate of drug-likeness (QED) is 0.148. The number of hydrogen-bond acceptors (Lipinski definition) is 9. The first-order chi connectivity index (χ1) is 6.95. The predicted molar refractivity (Wildman–Crippen MR) is 44.0 cm³/mol. The molecular formula is C6H13NO8. The van der Waals surface area contributed by atoms with Crippen molar-refractivity contribution in [3.05, 3.63) is 4.91 Å². The first kappa shape index (κ1) is 14.2. The molecule has 0 aliphatic heterocycles. The Bertz CT molecular complexity index is 190. The van der Waals surface area contributed by atoms with Gasteiger partial charge in [0.25, 0.3) is 6.29 Å². The topological polar surface area (TPSA) is 160 Å². The maximum atomic E-state index is 9.53. The molecule has 0 rings (SSSR count). The van der Waals surface area contributed by atoms with Gasteiger partial charge in [-0.25, -0.2) is 0 Å². The summed E-state index contributed by atoms with van der Waals surface area (Å²) >= 11 is 0. The Morgan fingerprint density at radius 3 is 1.93 bits per heavy atom. The fourth-order valence-electron chi connectivity index (χ4n) is 0.813. The second-order valence-electron chi connectivity index (χ2n) is 2.79. The Morgan fingerprint density at radius 1 is 1.00 bits per heavy atom. The van der Waals surface area contributed by atoms with Crippen LogP contribution in [0.2, 0.25) is 0 Å². The van der Waals surface area contributed by atoms with E-state index in [1.165, 1.54) is 0 Å². The normalized spacial score (nSPS) is 21.2. The Morgan fingerprint density at radius 2 is 1.53 bits per heavy atom. The molecule has 0 aromatic rings. The monoisotopic (exact) mass is 227 g/mol. The van der Waals surface area contributed by atoms with Crippen molar-refractivity contribution in [2.75, 3.05) is 6.61 Å². The summed E-state index contributed by atoms with van der Waals surface area (Å²) in [6.07, 6.45) is -9.82. The van der Waals surface area contributed by atoms with E-state index in [2.05, 4.69) is 4.84 Å². The average molecular weight is 227 g/mol. The molecule has 5 atom stereocenters. The van der Waals surface area contributed by atoms with Gasteiger partial charge in [-0.15, -0.1) is 4.91 Å². The Labute approximate surface area is 84.1 Å². The minimum absolute atomic E-state index is 0.853. The van der Waals surface area contributed by atoms with E-state index in [0.717, 1.165) is 0 Å². The highest BCUT2D eigenvalue weighted by Crippen LogP contribution is 2.09. The van der Waals surface area contributed by atoms with Crippen LogP contribution in [0.4, 0.5) is 0 Å². The SMILES string of the molecule is O=NOC(O)[C@H](O)[C@H](O)[C@H](O)[C@H](O)CO. The molecule has 6 N–H and O–H groups in total. The van der Waals surface area contributed by atoms with Gasteiger partial charge >= 0.3 is 0 Å². The van der Waals surface area contributed by atoms with Crippen molar-refractivity contribution >= 4 is 0 Å². The lowest BCUT2D eigenvalue weighted by atomic mass is 10.0. The molecule has 0 saturated heterocycles. The molecule has 0 aromatic carbocycles. The van der Waals surface area contributed by atoms with Crippen LogP contribution in [0.15, 0.2) is 5.34 Å². The second kappa shape index (κ2) is 6.61. The van der Waals surface area contributed by atoms with E-state index in [-0.39, 0.29) is 0 Å². The zero-order valence-electron chi connectivity index (χ0n) is 7.54. The molecule has 0 fully saturated rings. The number of rotatable bonds is 7. The number of nitrogens with zero attached hydrogens (tertiary/aromatic N) is 1. The van der Waals surface area contributed by atoms with E-state index < -0.39 is 37.3 Å². The summed E-state index contributed by atoms with van der Waals surface area (Å²) in [7, 11) is 0. The summed E-state index contributed by atoms with van der Waals surface area (Å²) in [6.45, 7) is -0.853. The molecule has 0 heterocycles. The van der Waals surface area contributed by atoms with E-state index >= 15 is 0 Å². The van der Waals surface area contributed by atoms with Crippen LogP contribution in [0.25, 0.3) is 0 Å². The van der Waals surface area contributed by atoms with Crippen LogP contribution in [-0.4, -0.2) is 68.0 Å². The van der Waals surface area contributed by atoms with Gasteiger partial charge in [0.15, 0.2) is 5.34 Å². The summed E-state index contributed by atoms with van der Waals surface area (Å²) in [5.74, 6) is 0. The summed E-state index contributed by atoms with van der Waals surface area (Å²) in [5, 5.41) is 55.2. The molecule has 90 valence electrons. The van der Waals surface area contributed by atoms with E-state index in [1.54, 1.807) is 5.34 Å². The van der Waals surface area contributed by atoms with Crippen molar-refractivity contribution in [1.29, 1.82) is 0 Å². The van der Waals surface area contributed by atoms with Crippen LogP contribution in [0.1, 0.15) is 0 Å². The van der Waals surface area contributed by atoms with Crippen molar-refractivity contribution in [2.24, 2.45) is 5.34 Å². The maximum absolute atomic E-state index is 9.53. The molecule has 0 aliphatic carbocycles. The number of hydrogen-bond donors (Lipinski definition) is 6. The van der Waals surface area contributed by atoms with Crippen LogP contribution in [0.3, 0.4) is 0 Å². The van der Waals surface area contributed by atoms with Crippen LogP contribution in [-0.2, 0) is 4.84 Å². The molecule has 9 nitrogen and oxygen atoms in total. The largest absolute Gasteiger partial charge is 0.394 e. The molecule has 0 bridgehead atoms. The first-order valence-electron chi connectivity index (χ1n) is 3.95. The molecule has 0 aromatic heterocycles. The highest BCUT2D eigenvalue weighted by atomic mass is 16.8. The maximum Gasteiger partial charge on any atom is 0.256 e. The van der Waals surface area contributed by atoms with Gasteiger partial charge in [0.05, 0.1) is 6.61 Å². The van der Waals surface area contributed by atoms with E-state index in [9.17, 15) is 4.91 Å². The van der Waals surface area contributed by atoms with Crippen molar-refractivity contribution in [1.82, 2.24) is 0 Å². The number of aliphatic hydroxyl groups excluding tert-OH is 6. The molecule has 9 heteroatoms.